The van der Waals surface area contributed by atoms with Gasteiger partial charge in [-0.05, 0) is 30.9 Å². The Labute approximate surface area is 115 Å². The Hall–Kier alpha value is -2.24. The van der Waals surface area contributed by atoms with Gasteiger partial charge in [0.2, 0.25) is 5.91 Å². The molecule has 3 rings (SSSR count). The number of aromatic nitrogens is 1. The highest BCUT2D eigenvalue weighted by atomic mass is 16.2. The summed E-state index contributed by atoms with van der Waals surface area (Å²) in [6.07, 6.45) is 3.86. The Bertz CT molecular complexity index is 558. The fourth-order valence-electron chi connectivity index (χ4n) is 2.97. The summed E-state index contributed by atoms with van der Waals surface area (Å²) in [4.78, 5) is 39.2. The molecule has 2 amide bonds. The van der Waals surface area contributed by atoms with Gasteiger partial charge in [0.15, 0.2) is 0 Å². The minimum atomic E-state index is -0.464. The van der Waals surface area contributed by atoms with Crippen molar-refractivity contribution in [2.24, 2.45) is 17.8 Å². The van der Waals surface area contributed by atoms with E-state index in [1.54, 1.807) is 18.2 Å². The zero-order valence-electron chi connectivity index (χ0n) is 10.8. The number of amides is 2. The Kier molecular flexibility index (Phi) is 3.22. The molecule has 2 aliphatic rings. The van der Waals surface area contributed by atoms with E-state index in [2.05, 4.69) is 15.8 Å². The summed E-state index contributed by atoms with van der Waals surface area (Å²) in [5.41, 5.74) is 4.95. The second kappa shape index (κ2) is 5.03. The van der Waals surface area contributed by atoms with Crippen molar-refractivity contribution in [3.8, 4) is 0 Å². The van der Waals surface area contributed by atoms with Crippen molar-refractivity contribution in [1.29, 1.82) is 0 Å². The maximum absolute atomic E-state index is 12.0. The number of fused-ring (bicyclic) bond motifs is 1. The van der Waals surface area contributed by atoms with E-state index in [0.29, 0.717) is 6.42 Å². The number of carbonyl (C=O) groups is 3. The summed E-state index contributed by atoms with van der Waals surface area (Å²) in [5, 5.41) is 0. The Balaban J connectivity index is 1.53. The van der Waals surface area contributed by atoms with Crippen LogP contribution in [0.25, 0.3) is 0 Å². The molecule has 0 unspecified atom stereocenters. The first-order valence-corrected chi connectivity index (χ1v) is 6.72. The monoisotopic (exact) mass is 273 g/mol. The minimum absolute atomic E-state index is 0.129. The van der Waals surface area contributed by atoms with Crippen molar-refractivity contribution in [1.82, 2.24) is 15.8 Å². The molecule has 0 saturated heterocycles. The Morgan fingerprint density at radius 2 is 2.10 bits per heavy atom. The maximum Gasteiger partial charge on any atom is 0.288 e. The van der Waals surface area contributed by atoms with Gasteiger partial charge in [0.05, 0.1) is 5.92 Å². The van der Waals surface area contributed by atoms with E-state index in [0.717, 1.165) is 12.8 Å². The molecule has 0 aliphatic heterocycles. The van der Waals surface area contributed by atoms with Gasteiger partial charge < -0.3 is 0 Å². The van der Waals surface area contributed by atoms with Gasteiger partial charge in [-0.25, -0.2) is 0 Å². The molecule has 6 heteroatoms. The molecule has 2 N–H and O–H groups in total. The first-order chi connectivity index (χ1) is 9.68. The molecule has 2 aliphatic carbocycles. The fourth-order valence-corrected chi connectivity index (χ4v) is 2.97. The summed E-state index contributed by atoms with van der Waals surface area (Å²) in [7, 11) is 0. The number of rotatable bonds is 2. The molecule has 20 heavy (non-hydrogen) atoms. The van der Waals surface area contributed by atoms with Crippen molar-refractivity contribution in [2.75, 3.05) is 0 Å². The third-order valence-electron chi connectivity index (χ3n) is 4.00. The van der Waals surface area contributed by atoms with Gasteiger partial charge >= 0.3 is 0 Å². The van der Waals surface area contributed by atoms with E-state index in [9.17, 15) is 14.4 Å². The highest BCUT2D eigenvalue weighted by Gasteiger charge is 2.59. The summed E-state index contributed by atoms with van der Waals surface area (Å²) < 4.78 is 0. The number of ketones is 1. The van der Waals surface area contributed by atoms with Gasteiger partial charge in [-0.1, -0.05) is 6.07 Å². The van der Waals surface area contributed by atoms with E-state index in [4.69, 9.17) is 0 Å². The van der Waals surface area contributed by atoms with Gasteiger partial charge in [-0.3, -0.25) is 30.2 Å². The molecule has 2 saturated carbocycles. The lowest BCUT2D eigenvalue weighted by atomic mass is 10.00. The molecule has 1 aromatic rings. The largest absolute Gasteiger partial charge is 0.299 e. The smallest absolute Gasteiger partial charge is 0.288 e. The third-order valence-corrected chi connectivity index (χ3v) is 4.00. The molecule has 3 atom stereocenters. The minimum Gasteiger partial charge on any atom is -0.299 e. The Morgan fingerprint density at radius 3 is 2.80 bits per heavy atom. The van der Waals surface area contributed by atoms with Crippen LogP contribution in [0.5, 0.6) is 0 Å². The van der Waals surface area contributed by atoms with Gasteiger partial charge in [0.25, 0.3) is 5.91 Å². The predicted octanol–water partition coefficient (Wildman–Crippen LogP) is 0.458. The van der Waals surface area contributed by atoms with Crippen LogP contribution in [0.3, 0.4) is 0 Å². The van der Waals surface area contributed by atoms with E-state index >= 15 is 0 Å². The lowest BCUT2D eigenvalue weighted by Crippen LogP contribution is -2.43. The van der Waals surface area contributed by atoms with Gasteiger partial charge in [0.1, 0.15) is 11.5 Å². The van der Waals surface area contributed by atoms with Gasteiger partial charge in [-0.15, -0.1) is 0 Å². The van der Waals surface area contributed by atoms with Crippen LogP contribution in [-0.4, -0.2) is 22.6 Å². The molecule has 6 nitrogen and oxygen atoms in total. The van der Waals surface area contributed by atoms with Gasteiger partial charge in [-0.2, -0.15) is 0 Å². The van der Waals surface area contributed by atoms with E-state index < -0.39 is 5.91 Å². The van der Waals surface area contributed by atoms with Crippen LogP contribution in [0.1, 0.15) is 29.8 Å². The lowest BCUT2D eigenvalue weighted by Gasteiger charge is -2.06. The molecule has 1 heterocycles. The standard InChI is InChI=1S/C14H15N3O3/c18-10-6-3-4-8-11(10)12(8)14(20)17-16-13(19)9-5-1-2-7-15-9/h1-2,5,7-8,11-12H,3-4,6H2,(H,16,19)(H,17,20)/t8-,11-,12+/m0/s1. The average molecular weight is 273 g/mol. The van der Waals surface area contributed by atoms with Crippen LogP contribution < -0.4 is 10.9 Å². The number of carbonyl (C=O) groups excluding carboxylic acids is 3. The summed E-state index contributed by atoms with van der Waals surface area (Å²) in [6, 6.07) is 4.95. The van der Waals surface area contributed by atoms with Crippen LogP contribution >= 0.6 is 0 Å². The zero-order valence-corrected chi connectivity index (χ0v) is 10.8. The number of pyridine rings is 1. The number of Topliss-reactive ketones (excluding diaryl/α,β-unsaturated/α-hetero) is 1. The molecule has 0 aromatic carbocycles. The van der Waals surface area contributed by atoms with Crippen LogP contribution in [0.4, 0.5) is 0 Å². The number of nitrogens with zero attached hydrogens (tertiary/aromatic N) is 1. The van der Waals surface area contributed by atoms with Crippen LogP contribution in [-0.2, 0) is 9.59 Å². The first-order valence-electron chi connectivity index (χ1n) is 6.72. The van der Waals surface area contributed by atoms with E-state index in [1.165, 1.54) is 6.20 Å². The van der Waals surface area contributed by atoms with Crippen LogP contribution in [0.15, 0.2) is 24.4 Å². The number of hydrogen-bond donors (Lipinski definition) is 2. The highest BCUT2D eigenvalue weighted by molar-refractivity contribution is 5.97. The van der Waals surface area contributed by atoms with E-state index in [-0.39, 0.29) is 35.1 Å². The SMILES string of the molecule is O=C(NNC(=O)[C@@H]1[C@H]2CCCC(=O)[C@H]21)c1ccccn1. The quantitative estimate of drug-likeness (QED) is 0.766. The lowest BCUT2D eigenvalue weighted by molar-refractivity contribution is -0.126. The molecule has 1 aromatic heterocycles. The third kappa shape index (κ3) is 2.29. The normalized spacial score (nSPS) is 27.4. The maximum atomic E-state index is 12.0. The topological polar surface area (TPSA) is 88.2 Å². The van der Waals surface area contributed by atoms with Crippen molar-refractivity contribution in [2.45, 2.75) is 19.3 Å². The van der Waals surface area contributed by atoms with Crippen molar-refractivity contribution < 1.29 is 14.4 Å². The molecule has 0 spiro atoms. The molecular weight excluding hydrogens is 258 g/mol. The first kappa shape index (κ1) is 12.8. The second-order valence-corrected chi connectivity index (χ2v) is 5.23. The Morgan fingerprint density at radius 1 is 1.25 bits per heavy atom. The number of hydrazine groups is 1. The second-order valence-electron chi connectivity index (χ2n) is 5.23. The summed E-state index contributed by atoms with van der Waals surface area (Å²) >= 11 is 0. The number of nitrogens with one attached hydrogen (secondary N) is 2. The predicted molar refractivity (Wildman–Crippen MR) is 69.2 cm³/mol. The van der Waals surface area contributed by atoms with Crippen molar-refractivity contribution in [3.63, 3.8) is 0 Å². The summed E-state index contributed by atoms with van der Waals surface area (Å²) in [6.45, 7) is 0. The van der Waals surface area contributed by atoms with Crippen LogP contribution in [0.2, 0.25) is 0 Å². The fraction of sp³-hybridized carbons (Fsp3) is 0.429. The van der Waals surface area contributed by atoms with Crippen LogP contribution in [0, 0.1) is 17.8 Å². The summed E-state index contributed by atoms with van der Waals surface area (Å²) in [5.74, 6) is -0.793. The zero-order chi connectivity index (χ0) is 14.1. The van der Waals surface area contributed by atoms with Crippen molar-refractivity contribution in [3.05, 3.63) is 30.1 Å². The number of hydrogen-bond acceptors (Lipinski definition) is 4. The van der Waals surface area contributed by atoms with E-state index in [1.807, 2.05) is 0 Å². The highest BCUT2D eigenvalue weighted by Crippen LogP contribution is 2.53. The molecule has 2 fully saturated rings. The van der Waals surface area contributed by atoms with Gasteiger partial charge in [0, 0.05) is 18.5 Å². The molecular formula is C14H15N3O3. The van der Waals surface area contributed by atoms with Crippen molar-refractivity contribution >= 4 is 17.6 Å². The molecule has 0 bridgehead atoms. The molecule has 0 radical (unpaired) electrons. The molecule has 104 valence electrons. The average Bonchev–Trinajstić information content (AvgIpc) is 3.21.